The van der Waals surface area contributed by atoms with Crippen LogP contribution in [0.15, 0.2) is 18.2 Å². The quantitative estimate of drug-likeness (QED) is 0.874. The molecule has 3 rings (SSSR count). The molecule has 2 N–H and O–H groups in total. The third-order valence-electron chi connectivity index (χ3n) is 5.20. The number of rotatable bonds is 5. The number of hydrogen-bond donors (Lipinski definition) is 2. The number of nitrogens with one attached hydrogen (secondary N) is 1. The summed E-state index contributed by atoms with van der Waals surface area (Å²) in [6.45, 7) is 2.61. The number of carbonyl (C=O) groups excluding carboxylic acids is 1. The van der Waals surface area contributed by atoms with Crippen molar-refractivity contribution in [3.05, 3.63) is 35.1 Å². The zero-order chi connectivity index (χ0) is 16.6. The lowest BCUT2D eigenvalue weighted by atomic mass is 9.51. The first-order valence-corrected chi connectivity index (χ1v) is 7.93. The van der Waals surface area contributed by atoms with Crippen molar-refractivity contribution in [3.8, 4) is 0 Å². The van der Waals surface area contributed by atoms with Gasteiger partial charge >= 0.3 is 5.97 Å². The normalized spacial score (nSPS) is 24.6. The summed E-state index contributed by atoms with van der Waals surface area (Å²) in [5, 5.41) is 11.7. The zero-order valence-corrected chi connectivity index (χ0v) is 13.0. The fourth-order valence-electron chi connectivity index (χ4n) is 3.71. The van der Waals surface area contributed by atoms with Gasteiger partial charge in [-0.15, -0.1) is 0 Å². The van der Waals surface area contributed by atoms with Crippen molar-refractivity contribution in [1.29, 1.82) is 0 Å². The van der Waals surface area contributed by atoms with Crippen molar-refractivity contribution >= 4 is 11.9 Å². The van der Waals surface area contributed by atoms with Crippen molar-refractivity contribution in [1.82, 2.24) is 5.32 Å². The topological polar surface area (TPSA) is 75.6 Å². The van der Waals surface area contributed by atoms with Gasteiger partial charge in [-0.05, 0) is 44.4 Å². The molecule has 0 radical (unpaired) electrons. The Labute approximate surface area is 133 Å². The molecular formula is C17H20FNO4. The van der Waals surface area contributed by atoms with Gasteiger partial charge in [0.2, 0.25) is 0 Å². The minimum absolute atomic E-state index is 0.00106. The van der Waals surface area contributed by atoms with Crippen LogP contribution in [0.1, 0.15) is 53.3 Å². The number of ether oxygens (including phenoxy) is 1. The second kappa shape index (κ2) is 5.92. The van der Waals surface area contributed by atoms with E-state index in [2.05, 4.69) is 5.32 Å². The van der Waals surface area contributed by atoms with Gasteiger partial charge in [-0.25, -0.2) is 9.18 Å². The smallest absolute Gasteiger partial charge is 0.335 e. The van der Waals surface area contributed by atoms with E-state index in [1.165, 1.54) is 12.1 Å². The molecule has 2 aliphatic rings. The monoisotopic (exact) mass is 321 g/mol. The van der Waals surface area contributed by atoms with Crippen molar-refractivity contribution < 1.29 is 23.8 Å². The molecule has 1 amide bonds. The predicted octanol–water partition coefficient (Wildman–Crippen LogP) is 2.60. The zero-order valence-electron chi connectivity index (χ0n) is 13.0. The Bertz CT molecular complexity index is 641. The first kappa shape index (κ1) is 15.9. The molecule has 6 heteroatoms. The minimum Gasteiger partial charge on any atom is -0.478 e. The van der Waals surface area contributed by atoms with E-state index < -0.39 is 17.7 Å². The Hall–Kier alpha value is -1.95. The molecule has 0 saturated heterocycles. The minimum atomic E-state index is -1.22. The van der Waals surface area contributed by atoms with Crippen LogP contribution >= 0.6 is 0 Å². The van der Waals surface area contributed by atoms with Gasteiger partial charge in [0.05, 0.1) is 17.2 Å². The van der Waals surface area contributed by atoms with Crippen LogP contribution in [0.25, 0.3) is 0 Å². The molecule has 0 heterocycles. The van der Waals surface area contributed by atoms with Crippen molar-refractivity contribution in [2.45, 2.75) is 44.8 Å². The highest BCUT2D eigenvalue weighted by Gasteiger charge is 2.59. The molecule has 124 valence electrons. The lowest BCUT2D eigenvalue weighted by Crippen LogP contribution is -2.67. The molecule has 1 spiro atoms. The molecule has 0 aliphatic heterocycles. The second-order valence-electron chi connectivity index (χ2n) is 6.29. The summed E-state index contributed by atoms with van der Waals surface area (Å²) < 4.78 is 19.7. The molecule has 0 aromatic heterocycles. The third kappa shape index (κ3) is 2.61. The SMILES string of the molecule is CCOC1CC(NC(=O)c2ccc(C(=O)O)cc2F)C12CCC2. The summed E-state index contributed by atoms with van der Waals surface area (Å²) >= 11 is 0. The Balaban J connectivity index is 1.69. The van der Waals surface area contributed by atoms with E-state index in [-0.39, 0.29) is 28.7 Å². The van der Waals surface area contributed by atoms with Crippen LogP contribution in [0, 0.1) is 11.2 Å². The van der Waals surface area contributed by atoms with Crippen LogP contribution in [-0.4, -0.2) is 35.7 Å². The van der Waals surface area contributed by atoms with E-state index in [1.54, 1.807) is 0 Å². The number of carbonyl (C=O) groups is 2. The van der Waals surface area contributed by atoms with Gasteiger partial charge < -0.3 is 15.2 Å². The summed E-state index contributed by atoms with van der Waals surface area (Å²) in [5.74, 6) is -2.53. The lowest BCUT2D eigenvalue weighted by molar-refractivity contribution is -0.169. The van der Waals surface area contributed by atoms with Crippen LogP contribution in [0.5, 0.6) is 0 Å². The van der Waals surface area contributed by atoms with Gasteiger partial charge in [0.25, 0.3) is 5.91 Å². The molecule has 2 fully saturated rings. The van der Waals surface area contributed by atoms with Gasteiger partial charge in [-0.2, -0.15) is 0 Å². The number of halogens is 1. The lowest BCUT2D eigenvalue weighted by Gasteiger charge is -2.61. The maximum absolute atomic E-state index is 14.0. The largest absolute Gasteiger partial charge is 0.478 e. The molecule has 0 bridgehead atoms. The van der Waals surface area contributed by atoms with E-state index in [1.807, 2.05) is 6.92 Å². The molecule has 5 nitrogen and oxygen atoms in total. The van der Waals surface area contributed by atoms with Crippen molar-refractivity contribution in [2.75, 3.05) is 6.61 Å². The maximum atomic E-state index is 14.0. The number of carboxylic acid groups (broad SMARTS) is 1. The first-order valence-electron chi connectivity index (χ1n) is 7.93. The fourth-order valence-corrected chi connectivity index (χ4v) is 3.71. The van der Waals surface area contributed by atoms with Gasteiger partial charge in [0, 0.05) is 18.1 Å². The molecular weight excluding hydrogens is 301 g/mol. The van der Waals surface area contributed by atoms with Gasteiger partial charge in [0.1, 0.15) is 5.82 Å². The number of amides is 1. The molecule has 2 aliphatic carbocycles. The summed E-state index contributed by atoms with van der Waals surface area (Å²) in [6, 6.07) is 3.34. The number of carboxylic acids is 1. The highest BCUT2D eigenvalue weighted by Crippen LogP contribution is 2.57. The molecule has 23 heavy (non-hydrogen) atoms. The Morgan fingerprint density at radius 3 is 2.70 bits per heavy atom. The van der Waals surface area contributed by atoms with E-state index in [0.29, 0.717) is 6.61 Å². The van der Waals surface area contributed by atoms with Gasteiger partial charge in [-0.3, -0.25) is 4.79 Å². The van der Waals surface area contributed by atoms with Crippen LogP contribution in [-0.2, 0) is 4.74 Å². The molecule has 2 unspecified atom stereocenters. The number of benzene rings is 1. The highest BCUT2D eigenvalue weighted by molar-refractivity contribution is 5.96. The van der Waals surface area contributed by atoms with Gasteiger partial charge in [0.15, 0.2) is 0 Å². The summed E-state index contributed by atoms with van der Waals surface area (Å²) in [6.07, 6.45) is 4.07. The number of aromatic carboxylic acids is 1. The third-order valence-corrected chi connectivity index (χ3v) is 5.20. The highest BCUT2D eigenvalue weighted by atomic mass is 19.1. The Kier molecular flexibility index (Phi) is 4.10. The summed E-state index contributed by atoms with van der Waals surface area (Å²) in [7, 11) is 0. The second-order valence-corrected chi connectivity index (χ2v) is 6.29. The average molecular weight is 321 g/mol. The van der Waals surface area contributed by atoms with Crippen LogP contribution in [0.2, 0.25) is 0 Å². The summed E-state index contributed by atoms with van der Waals surface area (Å²) in [4.78, 5) is 23.1. The number of hydrogen-bond acceptors (Lipinski definition) is 3. The van der Waals surface area contributed by atoms with Crippen LogP contribution in [0.3, 0.4) is 0 Å². The maximum Gasteiger partial charge on any atom is 0.335 e. The molecule has 2 atom stereocenters. The standard InChI is InChI=1S/C17H20FNO4/c1-2-23-14-9-13(17(14)6-3-7-17)19-15(20)11-5-4-10(16(21)22)8-12(11)18/h4-5,8,13-14H,2-3,6-7,9H2,1H3,(H,19,20)(H,21,22). The molecule has 1 aromatic rings. The van der Waals surface area contributed by atoms with Crippen molar-refractivity contribution in [3.63, 3.8) is 0 Å². The van der Waals surface area contributed by atoms with Gasteiger partial charge in [-0.1, -0.05) is 6.42 Å². The molecule has 2 saturated carbocycles. The fraction of sp³-hybridized carbons (Fsp3) is 0.529. The average Bonchev–Trinajstić information content (AvgIpc) is 2.43. The Morgan fingerprint density at radius 1 is 1.43 bits per heavy atom. The first-order chi connectivity index (χ1) is 11.0. The van der Waals surface area contributed by atoms with Crippen LogP contribution < -0.4 is 5.32 Å². The van der Waals surface area contributed by atoms with Crippen molar-refractivity contribution in [2.24, 2.45) is 5.41 Å². The van der Waals surface area contributed by atoms with E-state index >= 15 is 0 Å². The Morgan fingerprint density at radius 2 is 2.17 bits per heavy atom. The van der Waals surface area contributed by atoms with E-state index in [0.717, 1.165) is 31.7 Å². The van der Waals surface area contributed by atoms with Crippen LogP contribution in [0.4, 0.5) is 4.39 Å². The molecule has 1 aromatic carbocycles. The van der Waals surface area contributed by atoms with E-state index in [4.69, 9.17) is 9.84 Å². The predicted molar refractivity (Wildman–Crippen MR) is 80.9 cm³/mol. The summed E-state index contributed by atoms with van der Waals surface area (Å²) in [5.41, 5.74) is -0.290. The van der Waals surface area contributed by atoms with E-state index in [9.17, 15) is 14.0 Å².